The maximum Gasteiger partial charge on any atom is 0.222 e. The maximum atomic E-state index is 12.3. The van der Waals surface area contributed by atoms with Crippen LogP contribution in [0.15, 0.2) is 0 Å². The van der Waals surface area contributed by atoms with E-state index in [4.69, 9.17) is 0 Å². The molecule has 1 heterocycles. The molecule has 1 saturated carbocycles. The third-order valence-corrected chi connectivity index (χ3v) is 5.24. The van der Waals surface area contributed by atoms with Crippen molar-refractivity contribution in [1.29, 1.82) is 0 Å². The topological polar surface area (TPSA) is 44.4 Å². The Morgan fingerprint density at radius 2 is 1.85 bits per heavy atom. The van der Waals surface area contributed by atoms with E-state index in [9.17, 15) is 4.79 Å². The van der Waals surface area contributed by atoms with Crippen LogP contribution in [-0.4, -0.2) is 49.1 Å². The summed E-state index contributed by atoms with van der Waals surface area (Å²) < 4.78 is 0. The van der Waals surface area contributed by atoms with E-state index in [1.165, 1.54) is 19.3 Å². The molecule has 0 atom stereocenters. The van der Waals surface area contributed by atoms with E-state index < -0.39 is 0 Å². The van der Waals surface area contributed by atoms with E-state index >= 15 is 0 Å². The molecular weight excluding hydrogens is 250 g/mol. The normalized spacial score (nSPS) is 24.5. The summed E-state index contributed by atoms with van der Waals surface area (Å²) in [5.74, 6) is 0.246. The second-order valence-electron chi connectivity index (χ2n) is 6.54. The minimum Gasteiger partial charge on any atom is -0.353 e. The standard InChI is InChI=1S/C16H31N3O/c1-3-19-11-7-14(8-12-19)18-15(20)13-16(17-2)9-5-4-6-10-16/h14,17H,3-13H2,1-2H3,(H,18,20). The first-order valence-corrected chi connectivity index (χ1v) is 8.38. The van der Waals surface area contributed by atoms with E-state index in [1.807, 2.05) is 7.05 Å². The second-order valence-corrected chi connectivity index (χ2v) is 6.54. The minimum absolute atomic E-state index is 0.0620. The van der Waals surface area contributed by atoms with Crippen LogP contribution in [0.3, 0.4) is 0 Å². The van der Waals surface area contributed by atoms with Gasteiger partial charge in [-0.1, -0.05) is 26.2 Å². The Morgan fingerprint density at radius 1 is 1.20 bits per heavy atom. The molecule has 0 spiro atoms. The Balaban J connectivity index is 1.77. The number of hydrogen-bond donors (Lipinski definition) is 2. The van der Waals surface area contributed by atoms with Crippen molar-refractivity contribution in [2.75, 3.05) is 26.7 Å². The summed E-state index contributed by atoms with van der Waals surface area (Å²) in [6, 6.07) is 0.391. The summed E-state index contributed by atoms with van der Waals surface area (Å²) in [7, 11) is 2.01. The molecule has 1 amide bonds. The van der Waals surface area contributed by atoms with Crippen molar-refractivity contribution >= 4 is 5.91 Å². The molecule has 2 N–H and O–H groups in total. The van der Waals surface area contributed by atoms with Crippen LogP contribution in [-0.2, 0) is 4.79 Å². The second kappa shape index (κ2) is 7.41. The van der Waals surface area contributed by atoms with Gasteiger partial charge in [-0.2, -0.15) is 0 Å². The first-order valence-electron chi connectivity index (χ1n) is 8.38. The van der Waals surface area contributed by atoms with Gasteiger partial charge in [0.05, 0.1) is 0 Å². The van der Waals surface area contributed by atoms with Gasteiger partial charge in [-0.3, -0.25) is 4.79 Å². The van der Waals surface area contributed by atoms with E-state index in [2.05, 4.69) is 22.5 Å². The zero-order valence-electron chi connectivity index (χ0n) is 13.2. The number of hydrogen-bond acceptors (Lipinski definition) is 3. The molecule has 4 nitrogen and oxygen atoms in total. The predicted octanol–water partition coefficient (Wildman–Crippen LogP) is 1.90. The lowest BCUT2D eigenvalue weighted by Crippen LogP contribution is -2.51. The fourth-order valence-electron chi connectivity index (χ4n) is 3.72. The van der Waals surface area contributed by atoms with Crippen LogP contribution in [0.25, 0.3) is 0 Å². The van der Waals surface area contributed by atoms with E-state index in [-0.39, 0.29) is 11.4 Å². The van der Waals surface area contributed by atoms with Crippen molar-refractivity contribution in [2.45, 2.75) is 69.9 Å². The summed E-state index contributed by atoms with van der Waals surface area (Å²) in [6.07, 6.45) is 8.97. The fraction of sp³-hybridized carbons (Fsp3) is 0.938. The molecule has 1 aliphatic carbocycles. The quantitative estimate of drug-likeness (QED) is 0.809. The van der Waals surface area contributed by atoms with Crippen molar-refractivity contribution in [3.8, 4) is 0 Å². The van der Waals surface area contributed by atoms with Crippen LogP contribution in [0.1, 0.15) is 58.3 Å². The molecule has 0 bridgehead atoms. The van der Waals surface area contributed by atoms with Crippen LogP contribution in [0, 0.1) is 0 Å². The molecule has 20 heavy (non-hydrogen) atoms. The fourth-order valence-corrected chi connectivity index (χ4v) is 3.72. The van der Waals surface area contributed by atoms with Gasteiger partial charge in [-0.05, 0) is 39.3 Å². The van der Waals surface area contributed by atoms with Crippen molar-refractivity contribution < 1.29 is 4.79 Å². The van der Waals surface area contributed by atoms with Gasteiger partial charge in [-0.15, -0.1) is 0 Å². The zero-order chi connectivity index (χ0) is 14.4. The Kier molecular flexibility index (Phi) is 5.85. The molecule has 4 heteroatoms. The molecule has 0 unspecified atom stereocenters. The van der Waals surface area contributed by atoms with E-state index in [1.54, 1.807) is 0 Å². The van der Waals surface area contributed by atoms with Crippen molar-refractivity contribution in [3.05, 3.63) is 0 Å². The Hall–Kier alpha value is -0.610. The van der Waals surface area contributed by atoms with Crippen LogP contribution < -0.4 is 10.6 Å². The van der Waals surface area contributed by atoms with Gasteiger partial charge in [0.15, 0.2) is 0 Å². The first kappa shape index (κ1) is 15.8. The highest BCUT2D eigenvalue weighted by atomic mass is 16.1. The smallest absolute Gasteiger partial charge is 0.222 e. The van der Waals surface area contributed by atoms with E-state index in [0.29, 0.717) is 12.5 Å². The summed E-state index contributed by atoms with van der Waals surface area (Å²) in [6.45, 7) is 5.58. The maximum absolute atomic E-state index is 12.3. The molecule has 0 radical (unpaired) electrons. The highest BCUT2D eigenvalue weighted by molar-refractivity contribution is 5.77. The molecule has 0 aromatic carbocycles. The molecule has 2 aliphatic rings. The van der Waals surface area contributed by atoms with Gasteiger partial charge in [0, 0.05) is 31.1 Å². The molecular formula is C16H31N3O. The average molecular weight is 281 g/mol. The van der Waals surface area contributed by atoms with E-state index in [0.717, 1.165) is 45.3 Å². The van der Waals surface area contributed by atoms with Gasteiger partial charge in [0.2, 0.25) is 5.91 Å². The molecule has 0 aromatic heterocycles. The third-order valence-electron chi connectivity index (χ3n) is 5.24. The van der Waals surface area contributed by atoms with Gasteiger partial charge < -0.3 is 15.5 Å². The molecule has 1 saturated heterocycles. The van der Waals surface area contributed by atoms with Gasteiger partial charge in [0.25, 0.3) is 0 Å². The summed E-state index contributed by atoms with van der Waals surface area (Å²) in [5, 5.41) is 6.70. The van der Waals surface area contributed by atoms with Crippen LogP contribution in [0.4, 0.5) is 0 Å². The summed E-state index contributed by atoms with van der Waals surface area (Å²) in [5.41, 5.74) is 0.0620. The van der Waals surface area contributed by atoms with Crippen molar-refractivity contribution in [1.82, 2.24) is 15.5 Å². The SMILES string of the molecule is CCN1CCC(NC(=O)CC2(NC)CCCCC2)CC1. The Labute approximate surface area is 123 Å². The predicted molar refractivity (Wildman–Crippen MR) is 82.8 cm³/mol. The number of carbonyl (C=O) groups is 1. The van der Waals surface area contributed by atoms with Crippen molar-refractivity contribution in [2.24, 2.45) is 0 Å². The first-order chi connectivity index (χ1) is 9.67. The lowest BCUT2D eigenvalue weighted by Gasteiger charge is -2.37. The van der Waals surface area contributed by atoms with Crippen molar-refractivity contribution in [3.63, 3.8) is 0 Å². The Bertz CT molecular complexity index is 305. The highest BCUT2D eigenvalue weighted by Crippen LogP contribution is 2.30. The monoisotopic (exact) mass is 281 g/mol. The van der Waals surface area contributed by atoms with Gasteiger partial charge >= 0.3 is 0 Å². The number of rotatable bonds is 5. The minimum atomic E-state index is 0.0620. The molecule has 2 fully saturated rings. The molecule has 2 rings (SSSR count). The molecule has 116 valence electrons. The highest BCUT2D eigenvalue weighted by Gasteiger charge is 2.33. The lowest BCUT2D eigenvalue weighted by molar-refractivity contribution is -0.123. The number of piperidine rings is 1. The number of nitrogens with one attached hydrogen (secondary N) is 2. The van der Waals surface area contributed by atoms with Gasteiger partial charge in [-0.25, -0.2) is 0 Å². The number of amides is 1. The molecule has 0 aromatic rings. The summed E-state index contributed by atoms with van der Waals surface area (Å²) in [4.78, 5) is 14.8. The number of nitrogens with zero attached hydrogens (tertiary/aromatic N) is 1. The zero-order valence-corrected chi connectivity index (χ0v) is 13.2. The number of likely N-dealkylation sites (tertiary alicyclic amines) is 1. The largest absolute Gasteiger partial charge is 0.353 e. The summed E-state index contributed by atoms with van der Waals surface area (Å²) >= 11 is 0. The Morgan fingerprint density at radius 3 is 2.40 bits per heavy atom. The van der Waals surface area contributed by atoms with Crippen LogP contribution >= 0.6 is 0 Å². The lowest BCUT2D eigenvalue weighted by atomic mass is 9.79. The third kappa shape index (κ3) is 4.19. The average Bonchev–Trinajstić information content (AvgIpc) is 2.49. The number of carbonyl (C=O) groups excluding carboxylic acids is 1. The van der Waals surface area contributed by atoms with Gasteiger partial charge in [0.1, 0.15) is 0 Å². The molecule has 1 aliphatic heterocycles. The van der Waals surface area contributed by atoms with Crippen LogP contribution in [0.2, 0.25) is 0 Å². The van der Waals surface area contributed by atoms with Crippen LogP contribution in [0.5, 0.6) is 0 Å².